The Hall–Kier alpha value is -2.83. The van der Waals surface area contributed by atoms with Gasteiger partial charge in [-0.3, -0.25) is 9.59 Å². The van der Waals surface area contributed by atoms with Gasteiger partial charge in [-0.25, -0.2) is 4.68 Å². The van der Waals surface area contributed by atoms with Crippen LogP contribution in [-0.2, 0) is 4.79 Å². The van der Waals surface area contributed by atoms with E-state index in [1.807, 2.05) is 37.3 Å². The normalized spacial score (nSPS) is 19.4. The minimum absolute atomic E-state index is 0.0333. The summed E-state index contributed by atoms with van der Waals surface area (Å²) in [6.07, 6.45) is 5.04. The number of carbonyl (C=O) groups excluding carboxylic acids is 1. The minimum atomic E-state index is -0.753. The maximum atomic E-state index is 12.8. The molecule has 0 aliphatic heterocycles. The molecule has 1 aliphatic carbocycles. The van der Waals surface area contributed by atoms with Crippen LogP contribution in [0.25, 0.3) is 5.69 Å². The van der Waals surface area contributed by atoms with Gasteiger partial charge < -0.3 is 15.2 Å². The molecule has 27 heavy (non-hydrogen) atoms. The molecule has 1 aromatic heterocycles. The van der Waals surface area contributed by atoms with Crippen LogP contribution in [0.15, 0.2) is 36.5 Å². The van der Waals surface area contributed by atoms with E-state index in [2.05, 4.69) is 10.4 Å². The average molecular weight is 371 g/mol. The first-order chi connectivity index (χ1) is 13.1. The zero-order chi connectivity index (χ0) is 19.2. The molecule has 144 valence electrons. The molecule has 1 heterocycles. The number of nitrogens with one attached hydrogen (secondary N) is 1. The van der Waals surface area contributed by atoms with Gasteiger partial charge in [0.1, 0.15) is 0 Å². The van der Waals surface area contributed by atoms with Crippen molar-refractivity contribution in [1.82, 2.24) is 15.1 Å². The molecule has 1 aromatic carbocycles. The fourth-order valence-corrected chi connectivity index (χ4v) is 3.28. The standard InChI is InChI=1S/C20H25N3O4/c1-2-12-27-17-13-23(16-6-4-3-5-7-16)22-18(17)19(24)21-15-10-8-14(9-11-15)20(25)26/h3-7,13-15H,2,8-12H2,1H3,(H,21,24)(H,25,26). The molecule has 2 aromatic rings. The Morgan fingerprint density at radius 2 is 1.93 bits per heavy atom. The van der Waals surface area contributed by atoms with Crippen molar-refractivity contribution in [2.45, 2.75) is 45.1 Å². The van der Waals surface area contributed by atoms with E-state index in [4.69, 9.17) is 9.84 Å². The van der Waals surface area contributed by atoms with E-state index in [1.165, 1.54) is 0 Å². The highest BCUT2D eigenvalue weighted by Gasteiger charge is 2.28. The largest absolute Gasteiger partial charge is 0.489 e. The van der Waals surface area contributed by atoms with Gasteiger partial charge in [-0.15, -0.1) is 0 Å². The molecule has 1 fully saturated rings. The first kappa shape index (κ1) is 18.9. The van der Waals surface area contributed by atoms with Gasteiger partial charge in [-0.2, -0.15) is 5.10 Å². The molecule has 1 amide bonds. The number of hydrogen-bond acceptors (Lipinski definition) is 4. The van der Waals surface area contributed by atoms with E-state index in [-0.39, 0.29) is 23.6 Å². The number of benzene rings is 1. The Balaban J connectivity index is 1.73. The summed E-state index contributed by atoms with van der Waals surface area (Å²) in [5, 5.41) is 16.5. The van der Waals surface area contributed by atoms with Crippen molar-refractivity contribution >= 4 is 11.9 Å². The van der Waals surface area contributed by atoms with Crippen LogP contribution in [0.3, 0.4) is 0 Å². The quantitative estimate of drug-likeness (QED) is 0.780. The van der Waals surface area contributed by atoms with Crippen LogP contribution in [0.2, 0.25) is 0 Å². The van der Waals surface area contributed by atoms with Crippen LogP contribution < -0.4 is 10.1 Å². The number of carbonyl (C=O) groups is 2. The lowest BCUT2D eigenvalue weighted by Gasteiger charge is -2.26. The Bertz CT molecular complexity index is 780. The van der Waals surface area contributed by atoms with Crippen molar-refractivity contribution in [1.29, 1.82) is 0 Å². The lowest BCUT2D eigenvalue weighted by Crippen LogP contribution is -2.39. The maximum Gasteiger partial charge on any atom is 0.306 e. The third-order valence-corrected chi connectivity index (χ3v) is 4.79. The zero-order valence-corrected chi connectivity index (χ0v) is 15.4. The van der Waals surface area contributed by atoms with Gasteiger partial charge in [-0.1, -0.05) is 25.1 Å². The predicted octanol–water partition coefficient (Wildman–Crippen LogP) is 3.03. The number of rotatable bonds is 7. The number of carboxylic acids is 1. The highest BCUT2D eigenvalue weighted by atomic mass is 16.5. The lowest BCUT2D eigenvalue weighted by molar-refractivity contribution is -0.142. The zero-order valence-electron chi connectivity index (χ0n) is 15.4. The predicted molar refractivity (Wildman–Crippen MR) is 100 cm³/mol. The number of ether oxygens (including phenoxy) is 1. The summed E-state index contributed by atoms with van der Waals surface area (Å²) in [6, 6.07) is 9.52. The smallest absolute Gasteiger partial charge is 0.306 e. The highest BCUT2D eigenvalue weighted by molar-refractivity contribution is 5.95. The first-order valence-electron chi connectivity index (χ1n) is 9.40. The maximum absolute atomic E-state index is 12.8. The van der Waals surface area contributed by atoms with Gasteiger partial charge >= 0.3 is 5.97 Å². The van der Waals surface area contributed by atoms with Gasteiger partial charge in [0, 0.05) is 6.04 Å². The SMILES string of the molecule is CCCOc1cn(-c2ccccc2)nc1C(=O)NC1CCC(C(=O)O)CC1. The van der Waals surface area contributed by atoms with Gasteiger partial charge in [0.05, 0.1) is 24.4 Å². The molecule has 0 radical (unpaired) electrons. The molecule has 3 rings (SSSR count). The fraction of sp³-hybridized carbons (Fsp3) is 0.450. The second kappa shape index (κ2) is 8.70. The van der Waals surface area contributed by atoms with Gasteiger partial charge in [0.15, 0.2) is 11.4 Å². The molecule has 1 saturated carbocycles. The van der Waals surface area contributed by atoms with Gasteiger partial charge in [0.25, 0.3) is 5.91 Å². The van der Waals surface area contributed by atoms with Crippen LogP contribution in [0.5, 0.6) is 5.75 Å². The Kier molecular flexibility index (Phi) is 6.11. The molecule has 0 spiro atoms. The lowest BCUT2D eigenvalue weighted by atomic mass is 9.86. The van der Waals surface area contributed by atoms with E-state index in [9.17, 15) is 9.59 Å². The fourth-order valence-electron chi connectivity index (χ4n) is 3.28. The number of aromatic nitrogens is 2. The minimum Gasteiger partial charge on any atom is -0.489 e. The van der Waals surface area contributed by atoms with E-state index >= 15 is 0 Å². The molecule has 0 atom stereocenters. The number of hydrogen-bond donors (Lipinski definition) is 2. The molecule has 7 nitrogen and oxygen atoms in total. The average Bonchev–Trinajstić information content (AvgIpc) is 3.12. The summed E-state index contributed by atoms with van der Waals surface area (Å²) in [5.41, 5.74) is 1.10. The molecule has 0 bridgehead atoms. The van der Waals surface area contributed by atoms with Crippen LogP contribution in [0.1, 0.15) is 49.5 Å². The molecule has 0 saturated heterocycles. The molecule has 2 N–H and O–H groups in total. The molecule has 7 heteroatoms. The molecular weight excluding hydrogens is 346 g/mol. The van der Waals surface area contributed by atoms with Crippen LogP contribution >= 0.6 is 0 Å². The molecule has 0 unspecified atom stereocenters. The number of aliphatic carboxylic acids is 1. The van der Waals surface area contributed by atoms with E-state index in [0.29, 0.717) is 38.0 Å². The van der Waals surface area contributed by atoms with Crippen molar-refractivity contribution in [3.8, 4) is 11.4 Å². The van der Waals surface area contributed by atoms with Crippen molar-refractivity contribution in [2.75, 3.05) is 6.61 Å². The Morgan fingerprint density at radius 1 is 1.22 bits per heavy atom. The van der Waals surface area contributed by atoms with Crippen molar-refractivity contribution in [3.05, 3.63) is 42.2 Å². The van der Waals surface area contributed by atoms with Crippen molar-refractivity contribution in [2.24, 2.45) is 5.92 Å². The summed E-state index contributed by atoms with van der Waals surface area (Å²) in [5.74, 6) is -0.887. The summed E-state index contributed by atoms with van der Waals surface area (Å²) < 4.78 is 7.37. The second-order valence-electron chi connectivity index (χ2n) is 6.83. The monoisotopic (exact) mass is 371 g/mol. The van der Waals surface area contributed by atoms with Crippen LogP contribution in [0.4, 0.5) is 0 Å². The summed E-state index contributed by atoms with van der Waals surface area (Å²) in [4.78, 5) is 23.8. The Morgan fingerprint density at radius 3 is 2.56 bits per heavy atom. The Labute approximate surface area is 158 Å². The van der Waals surface area contributed by atoms with E-state index < -0.39 is 5.97 Å². The van der Waals surface area contributed by atoms with E-state index in [1.54, 1.807) is 10.9 Å². The number of para-hydroxylation sites is 1. The summed E-state index contributed by atoms with van der Waals surface area (Å²) >= 11 is 0. The van der Waals surface area contributed by atoms with Crippen LogP contribution in [-0.4, -0.2) is 39.4 Å². The van der Waals surface area contributed by atoms with Crippen molar-refractivity contribution in [3.63, 3.8) is 0 Å². The van der Waals surface area contributed by atoms with E-state index in [0.717, 1.165) is 12.1 Å². The third-order valence-electron chi connectivity index (χ3n) is 4.79. The third kappa shape index (κ3) is 4.67. The first-order valence-corrected chi connectivity index (χ1v) is 9.40. The number of carboxylic acid groups (broad SMARTS) is 1. The van der Waals surface area contributed by atoms with Gasteiger partial charge in [0.2, 0.25) is 0 Å². The summed E-state index contributed by atoms with van der Waals surface area (Å²) in [7, 11) is 0. The number of amides is 1. The number of nitrogens with zero attached hydrogens (tertiary/aromatic N) is 2. The topological polar surface area (TPSA) is 93.5 Å². The summed E-state index contributed by atoms with van der Waals surface area (Å²) in [6.45, 7) is 2.51. The second-order valence-corrected chi connectivity index (χ2v) is 6.83. The highest BCUT2D eigenvalue weighted by Crippen LogP contribution is 2.26. The molecular formula is C20H25N3O4. The molecule has 1 aliphatic rings. The van der Waals surface area contributed by atoms with Gasteiger partial charge in [-0.05, 0) is 44.2 Å². The van der Waals surface area contributed by atoms with Crippen molar-refractivity contribution < 1.29 is 19.4 Å². The van der Waals surface area contributed by atoms with Crippen LogP contribution in [0, 0.1) is 5.92 Å².